The van der Waals surface area contributed by atoms with Crippen molar-refractivity contribution in [1.82, 2.24) is 9.97 Å². The predicted molar refractivity (Wildman–Crippen MR) is 214 cm³/mol. The van der Waals surface area contributed by atoms with Gasteiger partial charge >= 0.3 is 0 Å². The zero-order valence-electron chi connectivity index (χ0n) is 28.6. The molecule has 51 heavy (non-hydrogen) atoms. The maximum atomic E-state index is 5.27. The third-order valence-corrected chi connectivity index (χ3v) is 10.9. The first-order chi connectivity index (χ1) is 25.0. The Kier molecular flexibility index (Phi) is 6.56. The molecule has 0 unspecified atom stereocenters. The van der Waals surface area contributed by atoms with Gasteiger partial charge in [0.2, 0.25) is 0 Å². The number of hydrogen-bond donors (Lipinski definition) is 0. The average molecular weight is 651 g/mol. The van der Waals surface area contributed by atoms with Gasteiger partial charge in [-0.25, -0.2) is 9.97 Å². The molecule has 0 aliphatic heterocycles. The minimum absolute atomic E-state index is 0.132. The third kappa shape index (κ3) is 4.71. The first-order valence-electron chi connectivity index (χ1n) is 17.7. The summed E-state index contributed by atoms with van der Waals surface area (Å²) in [6.45, 7) is 4.69. The summed E-state index contributed by atoms with van der Waals surface area (Å²) in [7, 11) is 0. The van der Waals surface area contributed by atoms with E-state index in [4.69, 9.17) is 9.97 Å². The molecule has 1 aliphatic rings. The van der Waals surface area contributed by atoms with E-state index in [9.17, 15) is 0 Å². The molecule has 0 spiro atoms. The molecule has 0 amide bonds. The molecule has 10 rings (SSSR count). The molecule has 0 N–H and O–H groups in total. The highest BCUT2D eigenvalue weighted by Gasteiger charge is 2.37. The molecule has 2 heteroatoms. The van der Waals surface area contributed by atoms with Gasteiger partial charge < -0.3 is 0 Å². The van der Waals surface area contributed by atoms with Gasteiger partial charge in [-0.1, -0.05) is 166 Å². The highest BCUT2D eigenvalue weighted by molar-refractivity contribution is 6.12. The number of benzene rings is 8. The van der Waals surface area contributed by atoms with Crippen molar-refractivity contribution in [1.29, 1.82) is 0 Å². The summed E-state index contributed by atoms with van der Waals surface area (Å²) < 4.78 is 0. The molecule has 0 saturated carbocycles. The summed E-state index contributed by atoms with van der Waals surface area (Å²) in [5.41, 5.74) is 12.6. The first-order valence-corrected chi connectivity index (χ1v) is 17.7. The fourth-order valence-electron chi connectivity index (χ4n) is 8.25. The van der Waals surface area contributed by atoms with Gasteiger partial charge in [-0.2, -0.15) is 0 Å². The Labute approximate surface area is 297 Å². The topological polar surface area (TPSA) is 25.8 Å². The van der Waals surface area contributed by atoms with E-state index < -0.39 is 0 Å². The first kappa shape index (κ1) is 29.5. The van der Waals surface area contributed by atoms with Crippen LogP contribution in [0.15, 0.2) is 170 Å². The fourth-order valence-corrected chi connectivity index (χ4v) is 8.25. The molecular weight excluding hydrogens is 617 g/mol. The Hall–Kier alpha value is -6.38. The van der Waals surface area contributed by atoms with E-state index in [1.54, 1.807) is 0 Å². The van der Waals surface area contributed by atoms with Crippen LogP contribution in [0.5, 0.6) is 0 Å². The van der Waals surface area contributed by atoms with Gasteiger partial charge in [0.15, 0.2) is 5.82 Å². The fraction of sp³-hybridized carbons (Fsp3) is 0.0612. The van der Waals surface area contributed by atoms with Crippen LogP contribution in [0.4, 0.5) is 0 Å². The van der Waals surface area contributed by atoms with E-state index in [-0.39, 0.29) is 5.41 Å². The van der Waals surface area contributed by atoms with Crippen molar-refractivity contribution in [3.8, 4) is 56.2 Å². The van der Waals surface area contributed by atoms with Gasteiger partial charge in [-0.3, -0.25) is 0 Å². The molecule has 240 valence electrons. The minimum Gasteiger partial charge on any atom is -0.228 e. The van der Waals surface area contributed by atoms with Gasteiger partial charge in [0, 0.05) is 22.1 Å². The summed E-state index contributed by atoms with van der Waals surface area (Å²) in [5.74, 6) is 0.724. The van der Waals surface area contributed by atoms with Gasteiger partial charge in [0.05, 0.1) is 11.4 Å². The zero-order valence-corrected chi connectivity index (χ0v) is 28.6. The number of aromatic nitrogens is 2. The van der Waals surface area contributed by atoms with Gasteiger partial charge in [-0.15, -0.1) is 0 Å². The quantitative estimate of drug-likeness (QED) is 0.177. The Balaban J connectivity index is 1.13. The molecule has 9 aromatic rings. The minimum atomic E-state index is -0.132. The molecule has 0 radical (unpaired) electrons. The summed E-state index contributed by atoms with van der Waals surface area (Å²) >= 11 is 0. The molecule has 0 fully saturated rings. The van der Waals surface area contributed by atoms with E-state index in [0.717, 1.165) is 33.9 Å². The zero-order chi connectivity index (χ0) is 34.1. The largest absolute Gasteiger partial charge is 0.228 e. The summed E-state index contributed by atoms with van der Waals surface area (Å²) in [5, 5.41) is 7.60. The lowest BCUT2D eigenvalue weighted by Gasteiger charge is -2.22. The Morgan fingerprint density at radius 1 is 0.373 bits per heavy atom. The number of fused-ring (bicyclic) bond motifs is 7. The van der Waals surface area contributed by atoms with Crippen LogP contribution in [0, 0.1) is 0 Å². The van der Waals surface area contributed by atoms with Crippen LogP contribution < -0.4 is 0 Å². The molecule has 0 saturated heterocycles. The maximum Gasteiger partial charge on any atom is 0.160 e. The molecule has 8 aromatic carbocycles. The van der Waals surface area contributed by atoms with Crippen LogP contribution in [0.3, 0.4) is 0 Å². The van der Waals surface area contributed by atoms with Crippen LogP contribution in [-0.4, -0.2) is 9.97 Å². The Bertz CT molecular complexity index is 2810. The van der Waals surface area contributed by atoms with Gasteiger partial charge in [0.1, 0.15) is 0 Å². The van der Waals surface area contributed by atoms with E-state index in [1.807, 2.05) is 6.07 Å². The van der Waals surface area contributed by atoms with Crippen molar-refractivity contribution >= 4 is 32.3 Å². The van der Waals surface area contributed by atoms with E-state index in [1.165, 1.54) is 65.7 Å². The SMILES string of the molecule is CC1(C)c2cc3ccccc3cc2-c2c(-c3cc(-c4ccc(-c5cccc6c5ccc5ccccc56)cc4)nc(-c4ccccc4)n3)cccc21. The molecule has 2 nitrogen and oxygen atoms in total. The summed E-state index contributed by atoms with van der Waals surface area (Å²) in [6.07, 6.45) is 0. The average Bonchev–Trinajstić information content (AvgIpc) is 3.42. The van der Waals surface area contributed by atoms with Gasteiger partial charge in [-0.05, 0) is 83.9 Å². The monoisotopic (exact) mass is 650 g/mol. The summed E-state index contributed by atoms with van der Waals surface area (Å²) in [4.78, 5) is 10.5. The van der Waals surface area contributed by atoms with E-state index in [2.05, 4.69) is 178 Å². The van der Waals surface area contributed by atoms with Crippen LogP contribution in [0.1, 0.15) is 25.0 Å². The van der Waals surface area contributed by atoms with Crippen LogP contribution >= 0.6 is 0 Å². The molecule has 1 aliphatic carbocycles. The highest BCUT2D eigenvalue weighted by atomic mass is 14.9. The smallest absolute Gasteiger partial charge is 0.160 e. The second-order valence-corrected chi connectivity index (χ2v) is 14.2. The van der Waals surface area contributed by atoms with Crippen molar-refractivity contribution in [2.45, 2.75) is 19.3 Å². The number of rotatable bonds is 4. The number of hydrogen-bond acceptors (Lipinski definition) is 2. The molecular formula is C49H34N2. The molecule has 1 heterocycles. The second kappa shape index (κ2) is 11.3. The third-order valence-electron chi connectivity index (χ3n) is 10.9. The lowest BCUT2D eigenvalue weighted by molar-refractivity contribution is 0.661. The predicted octanol–water partition coefficient (Wildman–Crippen LogP) is 12.9. The van der Waals surface area contributed by atoms with Crippen molar-refractivity contribution in [2.24, 2.45) is 0 Å². The van der Waals surface area contributed by atoms with Crippen LogP contribution in [0.2, 0.25) is 0 Å². The second-order valence-electron chi connectivity index (χ2n) is 14.2. The van der Waals surface area contributed by atoms with Crippen LogP contribution in [0.25, 0.3) is 88.5 Å². The molecule has 1 aromatic heterocycles. The summed E-state index contributed by atoms with van der Waals surface area (Å²) in [6, 6.07) is 61.2. The maximum absolute atomic E-state index is 5.27. The lowest BCUT2D eigenvalue weighted by atomic mass is 9.81. The van der Waals surface area contributed by atoms with Crippen molar-refractivity contribution in [3.63, 3.8) is 0 Å². The van der Waals surface area contributed by atoms with E-state index in [0.29, 0.717) is 0 Å². The number of nitrogens with zero attached hydrogens (tertiary/aromatic N) is 2. The lowest BCUT2D eigenvalue weighted by Crippen LogP contribution is -2.14. The molecule has 0 atom stereocenters. The highest BCUT2D eigenvalue weighted by Crippen LogP contribution is 2.53. The standard InChI is InChI=1S/C49H34N2/c1-49(2)43-21-11-20-41(47(43)42-28-35-15-6-7-16-36(35)29-44(42)49)46-30-45(50-48(51-46)34-13-4-3-5-14-34)33-24-22-32(23-25-33)38-18-10-19-39-37-17-9-8-12-31(37)26-27-40(38)39/h3-30H,1-2H3. The normalized spacial score (nSPS) is 13.1. The van der Waals surface area contributed by atoms with Crippen LogP contribution in [-0.2, 0) is 5.41 Å². The van der Waals surface area contributed by atoms with Crippen molar-refractivity contribution in [2.75, 3.05) is 0 Å². The van der Waals surface area contributed by atoms with E-state index >= 15 is 0 Å². The van der Waals surface area contributed by atoms with Crippen molar-refractivity contribution < 1.29 is 0 Å². The Morgan fingerprint density at radius 2 is 1.02 bits per heavy atom. The van der Waals surface area contributed by atoms with Crippen molar-refractivity contribution in [3.05, 3.63) is 181 Å². The van der Waals surface area contributed by atoms with Gasteiger partial charge in [0.25, 0.3) is 0 Å². The Morgan fingerprint density at radius 3 is 1.84 bits per heavy atom. The molecule has 0 bridgehead atoms.